The second-order valence-corrected chi connectivity index (χ2v) is 4.51. The van der Waals surface area contributed by atoms with Crippen LogP contribution in [0, 0.1) is 0 Å². The van der Waals surface area contributed by atoms with Crippen LogP contribution in [0.2, 0.25) is 0 Å². The van der Waals surface area contributed by atoms with Crippen LogP contribution in [0.1, 0.15) is 16.1 Å². The Bertz CT molecular complexity index is 743. The summed E-state index contributed by atoms with van der Waals surface area (Å²) in [5, 5.41) is 11.4. The summed E-state index contributed by atoms with van der Waals surface area (Å²) in [7, 11) is 0. The molecule has 0 radical (unpaired) electrons. The highest BCUT2D eigenvalue weighted by molar-refractivity contribution is 5.86. The van der Waals surface area contributed by atoms with Crippen molar-refractivity contribution >= 4 is 16.7 Å². The Balaban J connectivity index is 1.97. The lowest BCUT2D eigenvalue weighted by Gasteiger charge is -2.07. The number of benzene rings is 2. The molecule has 0 saturated carbocycles. The van der Waals surface area contributed by atoms with Crippen molar-refractivity contribution < 1.29 is 9.90 Å². The van der Waals surface area contributed by atoms with Gasteiger partial charge in [-0.1, -0.05) is 36.4 Å². The highest BCUT2D eigenvalue weighted by Gasteiger charge is 2.08. The van der Waals surface area contributed by atoms with Gasteiger partial charge in [-0.2, -0.15) is 0 Å². The maximum atomic E-state index is 11.1. The Kier molecular flexibility index (Phi) is 2.80. The Morgan fingerprint density at radius 3 is 2.58 bits per heavy atom. The average molecular weight is 251 g/mol. The van der Waals surface area contributed by atoms with Gasteiger partial charge in [0.15, 0.2) is 0 Å². The van der Waals surface area contributed by atoms with Crippen molar-refractivity contribution in [2.24, 2.45) is 0 Å². The summed E-state index contributed by atoms with van der Waals surface area (Å²) in [5.74, 6) is -0.897. The average Bonchev–Trinajstić information content (AvgIpc) is 2.87. The lowest BCUT2D eigenvalue weighted by molar-refractivity contribution is 0.0685. The second kappa shape index (κ2) is 4.61. The minimum atomic E-state index is -0.897. The number of carbonyl (C=O) groups is 1. The molecule has 3 aromatic rings. The number of nitrogens with zero attached hydrogens (tertiary/aromatic N) is 1. The minimum Gasteiger partial charge on any atom is -0.477 e. The van der Waals surface area contributed by atoms with E-state index < -0.39 is 5.97 Å². The third-order valence-electron chi connectivity index (χ3n) is 3.22. The highest BCUT2D eigenvalue weighted by atomic mass is 16.4. The van der Waals surface area contributed by atoms with Crippen LogP contribution in [-0.2, 0) is 6.54 Å². The van der Waals surface area contributed by atoms with Crippen LogP contribution in [0.15, 0.2) is 60.8 Å². The van der Waals surface area contributed by atoms with Gasteiger partial charge in [0, 0.05) is 12.7 Å². The molecular formula is C16H13NO2. The molecule has 1 heterocycles. The smallest absolute Gasteiger partial charge is 0.352 e. The zero-order valence-corrected chi connectivity index (χ0v) is 10.3. The van der Waals surface area contributed by atoms with Gasteiger partial charge in [-0.3, -0.25) is 0 Å². The van der Waals surface area contributed by atoms with Crippen LogP contribution in [0.25, 0.3) is 10.8 Å². The Labute approximate surface area is 110 Å². The van der Waals surface area contributed by atoms with E-state index in [0.29, 0.717) is 12.2 Å². The first kappa shape index (κ1) is 11.5. The molecule has 2 aromatic carbocycles. The summed E-state index contributed by atoms with van der Waals surface area (Å²) in [6, 6.07) is 17.7. The fraction of sp³-hybridized carbons (Fsp3) is 0.0625. The molecule has 94 valence electrons. The van der Waals surface area contributed by atoms with E-state index in [-0.39, 0.29) is 0 Å². The van der Waals surface area contributed by atoms with E-state index in [1.807, 2.05) is 18.2 Å². The predicted octanol–water partition coefficient (Wildman–Crippen LogP) is 3.39. The summed E-state index contributed by atoms with van der Waals surface area (Å²) >= 11 is 0. The van der Waals surface area contributed by atoms with E-state index in [0.717, 1.165) is 5.56 Å². The summed E-state index contributed by atoms with van der Waals surface area (Å²) in [6.45, 7) is 0.569. The summed E-state index contributed by atoms with van der Waals surface area (Å²) in [4.78, 5) is 11.1. The maximum Gasteiger partial charge on any atom is 0.352 e. The molecule has 3 heteroatoms. The van der Waals surface area contributed by atoms with Crippen LogP contribution < -0.4 is 0 Å². The summed E-state index contributed by atoms with van der Waals surface area (Å²) in [6.07, 6.45) is 1.79. The van der Waals surface area contributed by atoms with Crippen LogP contribution >= 0.6 is 0 Å². The van der Waals surface area contributed by atoms with Gasteiger partial charge < -0.3 is 9.67 Å². The van der Waals surface area contributed by atoms with Crippen molar-refractivity contribution in [1.82, 2.24) is 4.57 Å². The molecule has 0 amide bonds. The first-order valence-corrected chi connectivity index (χ1v) is 6.10. The molecule has 3 rings (SSSR count). The van der Waals surface area contributed by atoms with Gasteiger partial charge in [-0.15, -0.1) is 0 Å². The second-order valence-electron chi connectivity index (χ2n) is 4.51. The van der Waals surface area contributed by atoms with Crippen LogP contribution in [0.3, 0.4) is 0 Å². The van der Waals surface area contributed by atoms with Gasteiger partial charge in [0.2, 0.25) is 0 Å². The van der Waals surface area contributed by atoms with Gasteiger partial charge in [0.1, 0.15) is 5.69 Å². The first-order chi connectivity index (χ1) is 9.24. The molecule has 0 unspecified atom stereocenters. The molecule has 1 N–H and O–H groups in total. The minimum absolute atomic E-state index is 0.313. The van der Waals surface area contributed by atoms with Crippen molar-refractivity contribution in [3.8, 4) is 0 Å². The number of hydrogen-bond donors (Lipinski definition) is 1. The SMILES string of the molecule is O=C(O)c1cccn1Cc1ccc2ccccc2c1. The molecule has 0 atom stereocenters. The molecule has 0 aliphatic rings. The Hall–Kier alpha value is -2.55. The third-order valence-corrected chi connectivity index (χ3v) is 3.22. The lowest BCUT2D eigenvalue weighted by atomic mass is 10.1. The summed E-state index contributed by atoms with van der Waals surface area (Å²) in [5.41, 5.74) is 1.41. The van der Waals surface area contributed by atoms with Crippen LogP contribution in [-0.4, -0.2) is 15.6 Å². The zero-order chi connectivity index (χ0) is 13.2. The van der Waals surface area contributed by atoms with E-state index in [9.17, 15) is 4.79 Å². The van der Waals surface area contributed by atoms with Gasteiger partial charge in [-0.25, -0.2) is 4.79 Å². The maximum absolute atomic E-state index is 11.1. The largest absolute Gasteiger partial charge is 0.477 e. The normalized spacial score (nSPS) is 10.7. The van der Waals surface area contributed by atoms with E-state index in [1.54, 1.807) is 22.9 Å². The number of fused-ring (bicyclic) bond motifs is 1. The number of carboxylic acids is 1. The molecule has 19 heavy (non-hydrogen) atoms. The van der Waals surface area contributed by atoms with Crippen LogP contribution in [0.4, 0.5) is 0 Å². The standard InChI is InChI=1S/C16H13NO2/c18-16(19)15-6-3-9-17(15)11-12-7-8-13-4-1-2-5-14(13)10-12/h1-10H,11H2,(H,18,19). The van der Waals surface area contributed by atoms with Gasteiger partial charge in [0.05, 0.1) is 0 Å². The molecule has 0 bridgehead atoms. The fourth-order valence-electron chi connectivity index (χ4n) is 2.28. The Morgan fingerprint density at radius 1 is 1.00 bits per heavy atom. The quantitative estimate of drug-likeness (QED) is 0.775. The van der Waals surface area contributed by atoms with Gasteiger partial charge >= 0.3 is 5.97 Å². The molecule has 0 saturated heterocycles. The van der Waals surface area contributed by atoms with E-state index in [2.05, 4.69) is 24.3 Å². The van der Waals surface area contributed by atoms with Gasteiger partial charge in [-0.05, 0) is 34.5 Å². The molecule has 0 spiro atoms. The molecule has 0 aliphatic carbocycles. The topological polar surface area (TPSA) is 42.2 Å². The molecular weight excluding hydrogens is 238 g/mol. The van der Waals surface area contributed by atoms with E-state index in [4.69, 9.17) is 5.11 Å². The lowest BCUT2D eigenvalue weighted by Crippen LogP contribution is -2.08. The molecule has 1 aromatic heterocycles. The first-order valence-electron chi connectivity index (χ1n) is 6.10. The summed E-state index contributed by atoms with van der Waals surface area (Å²) < 4.78 is 1.74. The third kappa shape index (κ3) is 2.22. The zero-order valence-electron chi connectivity index (χ0n) is 10.3. The van der Waals surface area contributed by atoms with Crippen molar-refractivity contribution in [3.05, 3.63) is 72.1 Å². The van der Waals surface area contributed by atoms with Crippen LogP contribution in [0.5, 0.6) is 0 Å². The number of carboxylic acid groups (broad SMARTS) is 1. The van der Waals surface area contributed by atoms with E-state index >= 15 is 0 Å². The van der Waals surface area contributed by atoms with Crippen molar-refractivity contribution in [2.75, 3.05) is 0 Å². The predicted molar refractivity (Wildman–Crippen MR) is 74.4 cm³/mol. The van der Waals surface area contributed by atoms with E-state index in [1.165, 1.54) is 10.8 Å². The number of aromatic carboxylic acids is 1. The number of rotatable bonds is 3. The number of hydrogen-bond acceptors (Lipinski definition) is 1. The monoisotopic (exact) mass is 251 g/mol. The number of aromatic nitrogens is 1. The van der Waals surface area contributed by atoms with Crippen molar-refractivity contribution in [1.29, 1.82) is 0 Å². The van der Waals surface area contributed by atoms with Crippen molar-refractivity contribution in [2.45, 2.75) is 6.54 Å². The van der Waals surface area contributed by atoms with Gasteiger partial charge in [0.25, 0.3) is 0 Å². The van der Waals surface area contributed by atoms with Crippen molar-refractivity contribution in [3.63, 3.8) is 0 Å². The molecule has 0 fully saturated rings. The Morgan fingerprint density at radius 2 is 1.79 bits per heavy atom. The fourth-order valence-corrected chi connectivity index (χ4v) is 2.28. The molecule has 0 aliphatic heterocycles. The highest BCUT2D eigenvalue weighted by Crippen LogP contribution is 2.17. The molecule has 3 nitrogen and oxygen atoms in total.